The van der Waals surface area contributed by atoms with E-state index in [4.69, 9.17) is 9.36 Å². The number of alkyl halides is 4. The molecule has 3 rings (SSSR count). The Balaban J connectivity index is 1.83. The molecule has 3 aromatic rings. The molecule has 0 aliphatic carbocycles. The number of oxime groups is 1. The number of thioether (sulfide) groups is 1. The van der Waals surface area contributed by atoms with Crippen molar-refractivity contribution < 1.29 is 36.5 Å². The van der Waals surface area contributed by atoms with Crippen molar-refractivity contribution in [2.24, 2.45) is 5.16 Å². The first-order chi connectivity index (χ1) is 16.3. The van der Waals surface area contributed by atoms with Gasteiger partial charge in [0.25, 0.3) is 0 Å². The molecular formula is C23H20F4N2O4S. The first-order valence-electron chi connectivity index (χ1n) is 9.98. The smallest absolute Gasteiger partial charge is 0.416 e. The minimum Gasteiger partial charge on any atom is -0.469 e. The molecule has 0 aliphatic heterocycles. The van der Waals surface area contributed by atoms with E-state index in [9.17, 15) is 22.4 Å². The van der Waals surface area contributed by atoms with Crippen LogP contribution in [-0.4, -0.2) is 37.7 Å². The van der Waals surface area contributed by atoms with Crippen molar-refractivity contribution in [1.82, 2.24) is 5.16 Å². The number of hydrogen-bond acceptors (Lipinski definition) is 7. The van der Waals surface area contributed by atoms with Crippen molar-refractivity contribution in [2.75, 3.05) is 20.4 Å². The van der Waals surface area contributed by atoms with Gasteiger partial charge in [-0.25, -0.2) is 4.39 Å². The van der Waals surface area contributed by atoms with Crippen molar-refractivity contribution >= 4 is 23.9 Å². The Bertz CT molecular complexity index is 1130. The van der Waals surface area contributed by atoms with E-state index in [2.05, 4.69) is 15.0 Å². The van der Waals surface area contributed by atoms with Crippen molar-refractivity contribution in [1.29, 1.82) is 0 Å². The number of methoxy groups -OCH3 is 1. The lowest BCUT2D eigenvalue weighted by Gasteiger charge is -2.07. The van der Waals surface area contributed by atoms with Gasteiger partial charge in [-0.3, -0.25) is 4.79 Å². The van der Waals surface area contributed by atoms with E-state index in [1.807, 2.05) is 18.2 Å². The van der Waals surface area contributed by atoms with Gasteiger partial charge in [0.05, 0.1) is 30.9 Å². The Hall–Kier alpha value is -3.34. The Morgan fingerprint density at radius 2 is 1.97 bits per heavy atom. The quantitative estimate of drug-likeness (QED) is 0.0897. The number of hydrogen-bond donors (Lipinski definition) is 0. The normalized spacial score (nSPS) is 11.7. The molecule has 180 valence electrons. The average molecular weight is 496 g/mol. The summed E-state index contributed by atoms with van der Waals surface area (Å²) in [5, 5.41) is 7.76. The SMILES string of the molecule is COC(=O)Cc1cccc(SCc2noc(-c3ccc(C(F)(F)F)cc3)c2/C=N/OCCF)c1. The van der Waals surface area contributed by atoms with Gasteiger partial charge in [0.1, 0.15) is 19.0 Å². The second-order valence-electron chi connectivity index (χ2n) is 6.89. The minimum absolute atomic E-state index is 0.136. The lowest BCUT2D eigenvalue weighted by Crippen LogP contribution is -2.04. The summed E-state index contributed by atoms with van der Waals surface area (Å²) >= 11 is 1.41. The fourth-order valence-electron chi connectivity index (χ4n) is 2.90. The van der Waals surface area contributed by atoms with Gasteiger partial charge in [-0.15, -0.1) is 11.8 Å². The number of carbonyl (C=O) groups is 1. The summed E-state index contributed by atoms with van der Waals surface area (Å²) in [6.45, 7) is -0.966. The number of carbonyl (C=O) groups excluding carboxylic acids is 1. The number of aromatic nitrogens is 1. The van der Waals surface area contributed by atoms with E-state index in [1.54, 1.807) is 6.07 Å². The molecule has 0 aliphatic rings. The molecule has 0 bridgehead atoms. The third-order valence-corrected chi connectivity index (χ3v) is 5.56. The van der Waals surface area contributed by atoms with Crippen LogP contribution in [0.15, 0.2) is 63.1 Å². The minimum atomic E-state index is -4.46. The maximum atomic E-state index is 12.9. The Morgan fingerprint density at radius 1 is 1.21 bits per heavy atom. The van der Waals surface area contributed by atoms with Crippen molar-refractivity contribution in [3.8, 4) is 11.3 Å². The van der Waals surface area contributed by atoms with E-state index in [-0.39, 0.29) is 24.8 Å². The predicted molar refractivity (Wildman–Crippen MR) is 118 cm³/mol. The number of rotatable bonds is 10. The van der Waals surface area contributed by atoms with Gasteiger partial charge in [-0.2, -0.15) is 13.2 Å². The van der Waals surface area contributed by atoms with E-state index < -0.39 is 18.4 Å². The largest absolute Gasteiger partial charge is 0.469 e. The number of ether oxygens (including phenoxy) is 1. The van der Waals surface area contributed by atoms with Gasteiger partial charge in [0.15, 0.2) is 5.76 Å². The van der Waals surface area contributed by atoms with E-state index in [0.29, 0.717) is 22.6 Å². The van der Waals surface area contributed by atoms with Crippen LogP contribution in [0.2, 0.25) is 0 Å². The van der Waals surface area contributed by atoms with Gasteiger partial charge < -0.3 is 14.1 Å². The molecule has 1 heterocycles. The summed E-state index contributed by atoms with van der Waals surface area (Å²) in [7, 11) is 1.32. The van der Waals surface area contributed by atoms with Gasteiger partial charge >= 0.3 is 12.1 Å². The summed E-state index contributed by atoms with van der Waals surface area (Å²) in [6, 6.07) is 11.8. The number of benzene rings is 2. The second kappa shape index (κ2) is 11.7. The molecule has 34 heavy (non-hydrogen) atoms. The molecule has 0 saturated carbocycles. The first-order valence-corrected chi connectivity index (χ1v) is 11.0. The van der Waals surface area contributed by atoms with Gasteiger partial charge in [-0.1, -0.05) is 34.6 Å². The molecule has 0 atom stereocenters. The number of halogens is 4. The van der Waals surface area contributed by atoms with Gasteiger partial charge in [-0.05, 0) is 29.8 Å². The summed E-state index contributed by atoms with van der Waals surface area (Å²) in [5.41, 5.74) is 1.22. The van der Waals surface area contributed by atoms with Crippen LogP contribution in [0.5, 0.6) is 0 Å². The second-order valence-corrected chi connectivity index (χ2v) is 7.94. The van der Waals surface area contributed by atoms with Crippen LogP contribution in [0.1, 0.15) is 22.4 Å². The summed E-state index contributed by atoms with van der Waals surface area (Å²) in [6.07, 6.45) is -3.03. The Labute approximate surface area is 196 Å². The molecule has 2 aromatic carbocycles. The molecular weight excluding hydrogens is 476 g/mol. The molecule has 6 nitrogen and oxygen atoms in total. The maximum absolute atomic E-state index is 12.9. The average Bonchev–Trinajstić information content (AvgIpc) is 3.23. The van der Waals surface area contributed by atoms with Crippen LogP contribution in [0.25, 0.3) is 11.3 Å². The standard InChI is InChI=1S/C23H20F4N2O4S/c1-31-21(30)12-15-3-2-4-18(11-15)34-14-20-19(13-28-32-10-9-24)22(33-29-20)16-5-7-17(8-6-16)23(25,26)27/h2-8,11,13H,9-10,12,14H2,1H3/b28-13+. The van der Waals surface area contributed by atoms with Crippen molar-refractivity contribution in [3.63, 3.8) is 0 Å². The summed E-state index contributed by atoms with van der Waals surface area (Å²) in [4.78, 5) is 17.2. The van der Waals surface area contributed by atoms with Crippen LogP contribution in [-0.2, 0) is 32.7 Å². The van der Waals surface area contributed by atoms with Crippen LogP contribution < -0.4 is 0 Å². The topological polar surface area (TPSA) is 73.9 Å². The molecule has 1 aromatic heterocycles. The third kappa shape index (κ3) is 6.83. The van der Waals surface area contributed by atoms with E-state index in [0.717, 1.165) is 22.6 Å². The monoisotopic (exact) mass is 496 g/mol. The number of esters is 1. The molecule has 0 radical (unpaired) electrons. The van der Waals surface area contributed by atoms with E-state index in [1.165, 1.54) is 37.2 Å². The van der Waals surface area contributed by atoms with E-state index >= 15 is 0 Å². The fraction of sp³-hybridized carbons (Fsp3) is 0.261. The fourth-order valence-corrected chi connectivity index (χ4v) is 3.82. The van der Waals surface area contributed by atoms with Crippen LogP contribution in [0, 0.1) is 0 Å². The predicted octanol–water partition coefficient (Wildman–Crippen LogP) is 5.69. The molecule has 0 N–H and O–H groups in total. The molecule has 0 saturated heterocycles. The molecule has 11 heteroatoms. The van der Waals surface area contributed by atoms with Crippen LogP contribution >= 0.6 is 11.8 Å². The van der Waals surface area contributed by atoms with Gasteiger partial charge in [0.2, 0.25) is 0 Å². The zero-order valence-corrected chi connectivity index (χ0v) is 18.8. The zero-order chi connectivity index (χ0) is 24.6. The molecule has 0 amide bonds. The highest BCUT2D eigenvalue weighted by molar-refractivity contribution is 7.98. The van der Waals surface area contributed by atoms with Crippen LogP contribution in [0.4, 0.5) is 17.6 Å². The molecule has 0 unspecified atom stereocenters. The maximum Gasteiger partial charge on any atom is 0.416 e. The van der Waals surface area contributed by atoms with Crippen molar-refractivity contribution in [3.05, 3.63) is 70.9 Å². The Kier molecular flexibility index (Phi) is 8.69. The lowest BCUT2D eigenvalue weighted by atomic mass is 10.1. The highest BCUT2D eigenvalue weighted by atomic mass is 32.2. The third-order valence-electron chi connectivity index (χ3n) is 4.55. The number of nitrogens with zero attached hydrogens (tertiary/aromatic N) is 2. The highest BCUT2D eigenvalue weighted by Crippen LogP contribution is 2.33. The highest BCUT2D eigenvalue weighted by Gasteiger charge is 2.30. The first kappa shape index (κ1) is 25.3. The van der Waals surface area contributed by atoms with Crippen LogP contribution in [0.3, 0.4) is 0 Å². The lowest BCUT2D eigenvalue weighted by molar-refractivity contribution is -0.140. The van der Waals surface area contributed by atoms with Crippen molar-refractivity contribution in [2.45, 2.75) is 23.2 Å². The van der Waals surface area contributed by atoms with Gasteiger partial charge in [0, 0.05) is 16.2 Å². The zero-order valence-electron chi connectivity index (χ0n) is 18.0. The molecule has 0 spiro atoms. The summed E-state index contributed by atoms with van der Waals surface area (Å²) < 4.78 is 61.1. The molecule has 0 fully saturated rings. The Morgan fingerprint density at radius 3 is 2.65 bits per heavy atom. The summed E-state index contributed by atoms with van der Waals surface area (Å²) in [5.74, 6) is 0.180.